The summed E-state index contributed by atoms with van der Waals surface area (Å²) in [6, 6.07) is 3.08. The van der Waals surface area contributed by atoms with Gasteiger partial charge in [-0.3, -0.25) is 4.79 Å². The van der Waals surface area contributed by atoms with Crippen LogP contribution in [0.15, 0.2) is 18.3 Å². The number of carbonyl (C=O) groups excluding carboxylic acids is 1. The van der Waals surface area contributed by atoms with Crippen molar-refractivity contribution < 1.29 is 14.7 Å². The maximum Gasteiger partial charge on any atom is 0.329 e. The van der Waals surface area contributed by atoms with Gasteiger partial charge in [0, 0.05) is 6.20 Å². The van der Waals surface area contributed by atoms with Crippen molar-refractivity contribution in [2.24, 2.45) is 5.73 Å². The van der Waals surface area contributed by atoms with E-state index in [2.05, 4.69) is 10.3 Å². The van der Waals surface area contributed by atoms with Gasteiger partial charge in [0.15, 0.2) is 0 Å². The van der Waals surface area contributed by atoms with Gasteiger partial charge in [-0.1, -0.05) is 0 Å². The largest absolute Gasteiger partial charge is 0.480 e. The molecule has 0 aliphatic heterocycles. The molecule has 17 heavy (non-hydrogen) atoms. The van der Waals surface area contributed by atoms with Crippen LogP contribution in [0.25, 0.3) is 0 Å². The van der Waals surface area contributed by atoms with Crippen molar-refractivity contribution in [2.45, 2.75) is 24.8 Å². The smallest absolute Gasteiger partial charge is 0.329 e. The molecular weight excluding hydrogens is 222 g/mol. The number of hydrogen-bond acceptors (Lipinski definition) is 4. The van der Waals surface area contributed by atoms with Crippen molar-refractivity contribution in [2.75, 3.05) is 5.32 Å². The molecule has 0 saturated heterocycles. The molecule has 1 aliphatic rings. The van der Waals surface area contributed by atoms with Crippen LogP contribution in [0.1, 0.15) is 29.6 Å². The molecule has 90 valence electrons. The summed E-state index contributed by atoms with van der Waals surface area (Å²) in [4.78, 5) is 25.9. The second-order valence-corrected chi connectivity index (χ2v) is 4.16. The lowest BCUT2D eigenvalue weighted by Crippen LogP contribution is -2.52. The summed E-state index contributed by atoms with van der Waals surface area (Å²) in [6.07, 6.45) is 3.39. The van der Waals surface area contributed by atoms with Crippen molar-refractivity contribution in [3.63, 3.8) is 0 Å². The molecule has 0 spiro atoms. The van der Waals surface area contributed by atoms with Crippen LogP contribution < -0.4 is 11.1 Å². The second-order valence-electron chi connectivity index (χ2n) is 4.16. The van der Waals surface area contributed by atoms with Gasteiger partial charge in [0.1, 0.15) is 11.4 Å². The number of nitrogens with zero attached hydrogens (tertiary/aromatic N) is 1. The number of primary amides is 1. The number of rotatable bonds is 4. The summed E-state index contributed by atoms with van der Waals surface area (Å²) < 4.78 is 0. The lowest BCUT2D eigenvalue weighted by molar-refractivity contribution is -0.145. The number of nitrogens with one attached hydrogen (secondary N) is 1. The highest BCUT2D eigenvalue weighted by molar-refractivity contribution is 5.92. The molecule has 1 aliphatic carbocycles. The van der Waals surface area contributed by atoms with Gasteiger partial charge in [-0.15, -0.1) is 0 Å². The molecule has 6 heteroatoms. The van der Waals surface area contributed by atoms with Crippen LogP contribution in [0.2, 0.25) is 0 Å². The van der Waals surface area contributed by atoms with E-state index in [4.69, 9.17) is 10.8 Å². The molecule has 0 unspecified atom stereocenters. The van der Waals surface area contributed by atoms with Gasteiger partial charge in [0.25, 0.3) is 0 Å². The molecule has 0 radical (unpaired) electrons. The number of aromatic nitrogens is 1. The minimum Gasteiger partial charge on any atom is -0.480 e. The normalized spacial score (nSPS) is 16.9. The third kappa shape index (κ3) is 2.06. The first-order chi connectivity index (χ1) is 8.03. The highest BCUT2D eigenvalue weighted by Crippen LogP contribution is 2.35. The fourth-order valence-electron chi connectivity index (χ4n) is 1.78. The Balaban J connectivity index is 2.13. The van der Waals surface area contributed by atoms with E-state index in [-0.39, 0.29) is 0 Å². The van der Waals surface area contributed by atoms with Crippen LogP contribution in [-0.2, 0) is 4.79 Å². The first kappa shape index (κ1) is 11.4. The van der Waals surface area contributed by atoms with E-state index in [1.165, 1.54) is 12.3 Å². The van der Waals surface area contributed by atoms with E-state index in [1.54, 1.807) is 6.07 Å². The number of aliphatic carboxylic acids is 1. The number of anilines is 1. The number of pyridine rings is 1. The maximum absolute atomic E-state index is 11.1. The first-order valence-electron chi connectivity index (χ1n) is 5.31. The summed E-state index contributed by atoms with van der Waals surface area (Å²) in [5.41, 5.74) is 4.48. The number of nitrogens with two attached hydrogens (primary N) is 1. The topological polar surface area (TPSA) is 105 Å². The minimum absolute atomic E-state index is 0.300. The van der Waals surface area contributed by atoms with E-state index in [1.807, 2.05) is 0 Å². The van der Waals surface area contributed by atoms with Gasteiger partial charge in [0.2, 0.25) is 5.91 Å². The van der Waals surface area contributed by atoms with Gasteiger partial charge in [-0.25, -0.2) is 9.78 Å². The summed E-state index contributed by atoms with van der Waals surface area (Å²) >= 11 is 0. The molecule has 1 fully saturated rings. The van der Waals surface area contributed by atoms with Crippen LogP contribution >= 0.6 is 0 Å². The number of amides is 1. The lowest BCUT2D eigenvalue weighted by atomic mass is 9.77. The van der Waals surface area contributed by atoms with Crippen molar-refractivity contribution in [3.05, 3.63) is 23.9 Å². The Morgan fingerprint density at radius 1 is 1.41 bits per heavy atom. The standard InChI is InChI=1S/C11H13N3O3/c12-9(15)7-2-3-8(13-6-7)14-11(10(16)17)4-1-5-11/h2-3,6H,1,4-5H2,(H2,12,15)(H,13,14)(H,16,17). The third-order valence-corrected chi connectivity index (χ3v) is 3.03. The number of hydrogen-bond donors (Lipinski definition) is 3. The van der Waals surface area contributed by atoms with Crippen LogP contribution in [0, 0.1) is 0 Å². The van der Waals surface area contributed by atoms with Gasteiger partial charge >= 0.3 is 5.97 Å². The first-order valence-corrected chi connectivity index (χ1v) is 5.31. The predicted molar refractivity (Wildman–Crippen MR) is 60.6 cm³/mol. The molecule has 0 aromatic carbocycles. The van der Waals surface area contributed by atoms with E-state index in [9.17, 15) is 9.59 Å². The Bertz CT molecular complexity index is 452. The molecule has 0 atom stereocenters. The average molecular weight is 235 g/mol. The van der Waals surface area contributed by atoms with Crippen molar-refractivity contribution in [1.82, 2.24) is 4.98 Å². The van der Waals surface area contributed by atoms with E-state index in [0.29, 0.717) is 24.2 Å². The zero-order valence-corrected chi connectivity index (χ0v) is 9.14. The summed E-state index contributed by atoms with van der Waals surface area (Å²) in [6.45, 7) is 0. The monoisotopic (exact) mass is 235 g/mol. The Hall–Kier alpha value is -2.11. The second kappa shape index (κ2) is 4.04. The molecule has 4 N–H and O–H groups in total. The van der Waals surface area contributed by atoms with E-state index < -0.39 is 17.4 Å². The molecule has 1 saturated carbocycles. The average Bonchev–Trinajstić information content (AvgIpc) is 2.23. The Morgan fingerprint density at radius 2 is 2.12 bits per heavy atom. The third-order valence-electron chi connectivity index (χ3n) is 3.03. The van der Waals surface area contributed by atoms with Crippen LogP contribution in [0.3, 0.4) is 0 Å². The van der Waals surface area contributed by atoms with Gasteiger partial charge in [0.05, 0.1) is 5.56 Å². The number of carbonyl (C=O) groups is 2. The van der Waals surface area contributed by atoms with Crippen LogP contribution in [-0.4, -0.2) is 27.5 Å². The molecule has 1 aromatic heterocycles. The van der Waals surface area contributed by atoms with E-state index >= 15 is 0 Å². The number of carboxylic acids is 1. The molecule has 1 heterocycles. The Morgan fingerprint density at radius 3 is 2.47 bits per heavy atom. The van der Waals surface area contributed by atoms with Gasteiger partial charge < -0.3 is 16.2 Å². The van der Waals surface area contributed by atoms with Crippen LogP contribution in [0.5, 0.6) is 0 Å². The molecular formula is C11H13N3O3. The minimum atomic E-state index is -0.902. The molecule has 0 bridgehead atoms. The molecule has 1 amide bonds. The summed E-state index contributed by atoms with van der Waals surface area (Å²) in [5.74, 6) is -0.984. The fraction of sp³-hybridized carbons (Fsp3) is 0.364. The van der Waals surface area contributed by atoms with Gasteiger partial charge in [-0.2, -0.15) is 0 Å². The van der Waals surface area contributed by atoms with Crippen molar-refractivity contribution in [3.8, 4) is 0 Å². The van der Waals surface area contributed by atoms with Crippen molar-refractivity contribution in [1.29, 1.82) is 0 Å². The molecule has 6 nitrogen and oxygen atoms in total. The summed E-state index contributed by atoms with van der Waals surface area (Å²) in [7, 11) is 0. The Kier molecular flexibility index (Phi) is 2.71. The Labute approximate surface area is 97.8 Å². The zero-order chi connectivity index (χ0) is 12.5. The predicted octanol–water partition coefficient (Wildman–Crippen LogP) is 0.600. The highest BCUT2D eigenvalue weighted by Gasteiger charge is 2.44. The fourth-order valence-corrected chi connectivity index (χ4v) is 1.78. The molecule has 1 aromatic rings. The molecule has 2 rings (SSSR count). The van der Waals surface area contributed by atoms with Crippen molar-refractivity contribution >= 4 is 17.7 Å². The number of carboxylic acid groups (broad SMARTS) is 1. The zero-order valence-electron chi connectivity index (χ0n) is 9.14. The SMILES string of the molecule is NC(=O)c1ccc(NC2(C(=O)O)CCC2)nc1. The quantitative estimate of drug-likeness (QED) is 0.708. The lowest BCUT2D eigenvalue weighted by Gasteiger charge is -2.38. The van der Waals surface area contributed by atoms with Crippen LogP contribution in [0.4, 0.5) is 5.82 Å². The summed E-state index contributed by atoms with van der Waals surface area (Å²) in [5, 5.41) is 12.0. The van der Waals surface area contributed by atoms with E-state index in [0.717, 1.165) is 6.42 Å². The van der Waals surface area contributed by atoms with Gasteiger partial charge in [-0.05, 0) is 31.4 Å². The highest BCUT2D eigenvalue weighted by atomic mass is 16.4. The maximum atomic E-state index is 11.1.